The third kappa shape index (κ3) is 4.02. The molecule has 0 amide bonds. The molecule has 0 unspecified atom stereocenters. The van der Waals surface area contributed by atoms with Crippen LogP contribution < -0.4 is 14.2 Å². The highest BCUT2D eigenvalue weighted by Crippen LogP contribution is 2.45. The number of hydrazone groups is 1. The van der Waals surface area contributed by atoms with E-state index >= 15 is 0 Å². The lowest BCUT2D eigenvalue weighted by atomic mass is 9.95. The van der Waals surface area contributed by atoms with Gasteiger partial charge in [0, 0.05) is 32.1 Å². The molecular weight excluding hydrogens is 552 g/mol. The molecule has 5 rings (SSSR count). The van der Waals surface area contributed by atoms with Gasteiger partial charge in [-0.25, -0.2) is 5.01 Å². The van der Waals surface area contributed by atoms with Gasteiger partial charge in [0.25, 0.3) is 6.23 Å². The van der Waals surface area contributed by atoms with E-state index in [4.69, 9.17) is 19.3 Å². The topological polar surface area (TPSA) is 60.4 Å². The molecule has 0 bridgehead atoms. The predicted octanol–water partition coefficient (Wildman–Crippen LogP) is 5.98. The van der Waals surface area contributed by atoms with E-state index < -0.39 is 6.23 Å². The number of ketones is 1. The Bertz CT molecular complexity index is 1260. The van der Waals surface area contributed by atoms with Crippen LogP contribution in [0.1, 0.15) is 33.9 Å². The van der Waals surface area contributed by atoms with Crippen molar-refractivity contribution in [3.63, 3.8) is 0 Å². The van der Waals surface area contributed by atoms with Crippen LogP contribution in [-0.4, -0.2) is 37.0 Å². The summed E-state index contributed by atoms with van der Waals surface area (Å²) in [5, 5.41) is 6.65. The minimum atomic E-state index is -0.859. The molecule has 0 aliphatic carbocycles. The lowest BCUT2D eigenvalue weighted by molar-refractivity contribution is -0.00459. The van der Waals surface area contributed by atoms with Crippen molar-refractivity contribution in [2.45, 2.75) is 18.7 Å². The van der Waals surface area contributed by atoms with E-state index in [2.05, 4.69) is 31.9 Å². The van der Waals surface area contributed by atoms with E-state index in [0.717, 1.165) is 25.8 Å². The van der Waals surface area contributed by atoms with Gasteiger partial charge in [0.05, 0.1) is 26.0 Å². The Balaban J connectivity index is 1.56. The second-order valence-electron chi connectivity index (χ2n) is 7.74. The average molecular weight is 572 g/mol. The first-order valence-corrected chi connectivity index (χ1v) is 11.9. The SMILES string of the molecule is COc1ccc(C2=NN3[C@@H](C(=O)c4ccc(Br)cc4)Oc4ccc(Br)cc4[C@H]3C2)cc1OC. The molecule has 2 aliphatic rings. The van der Waals surface area contributed by atoms with Crippen LogP contribution in [0.25, 0.3) is 0 Å². The maximum absolute atomic E-state index is 13.5. The van der Waals surface area contributed by atoms with E-state index in [-0.39, 0.29) is 11.8 Å². The van der Waals surface area contributed by atoms with Crippen LogP contribution in [0.15, 0.2) is 74.7 Å². The number of nitrogens with zero attached hydrogens (tertiary/aromatic N) is 2. The van der Waals surface area contributed by atoms with Crippen molar-refractivity contribution in [2.24, 2.45) is 5.10 Å². The molecule has 3 aromatic carbocycles. The molecule has 6 nitrogen and oxygen atoms in total. The number of carbonyl (C=O) groups excluding carboxylic acids is 1. The van der Waals surface area contributed by atoms with Crippen molar-refractivity contribution in [3.05, 3.63) is 86.3 Å². The normalized spacial score (nSPS) is 18.7. The van der Waals surface area contributed by atoms with Gasteiger partial charge in [-0.1, -0.05) is 44.0 Å². The van der Waals surface area contributed by atoms with E-state index in [0.29, 0.717) is 29.2 Å². The molecule has 2 aliphatic heterocycles. The maximum Gasteiger partial charge on any atom is 0.251 e. The predicted molar refractivity (Wildman–Crippen MR) is 132 cm³/mol. The van der Waals surface area contributed by atoms with Crippen molar-refractivity contribution in [1.82, 2.24) is 5.01 Å². The molecule has 0 saturated carbocycles. The van der Waals surface area contributed by atoms with Gasteiger partial charge in [0.1, 0.15) is 5.75 Å². The molecule has 3 aromatic rings. The summed E-state index contributed by atoms with van der Waals surface area (Å²) < 4.78 is 18.9. The minimum absolute atomic E-state index is 0.126. The lowest BCUT2D eigenvalue weighted by Crippen LogP contribution is -2.45. The minimum Gasteiger partial charge on any atom is -0.493 e. The molecule has 168 valence electrons. The number of ether oxygens (including phenoxy) is 3. The van der Waals surface area contributed by atoms with E-state index in [1.807, 2.05) is 48.5 Å². The molecule has 0 spiro atoms. The van der Waals surface area contributed by atoms with Crippen LogP contribution >= 0.6 is 31.9 Å². The number of methoxy groups -OCH3 is 2. The number of fused-ring (bicyclic) bond motifs is 3. The van der Waals surface area contributed by atoms with Crippen molar-refractivity contribution in [2.75, 3.05) is 14.2 Å². The second kappa shape index (κ2) is 8.83. The zero-order chi connectivity index (χ0) is 23.1. The summed E-state index contributed by atoms with van der Waals surface area (Å²) in [7, 11) is 3.21. The maximum atomic E-state index is 13.5. The van der Waals surface area contributed by atoms with Gasteiger partial charge in [-0.05, 0) is 48.5 Å². The number of rotatable bonds is 5. The highest BCUT2D eigenvalue weighted by atomic mass is 79.9. The Morgan fingerprint density at radius 3 is 2.42 bits per heavy atom. The molecule has 2 heterocycles. The Morgan fingerprint density at radius 2 is 1.70 bits per heavy atom. The second-order valence-corrected chi connectivity index (χ2v) is 9.57. The van der Waals surface area contributed by atoms with Gasteiger partial charge in [0.2, 0.25) is 5.78 Å². The standard InChI is InChI=1S/C25H20Br2N2O4/c1-31-22-9-5-15(11-23(22)32-2)19-13-20-18-12-17(27)8-10-21(18)33-25(29(20)28-19)24(30)14-3-6-16(26)7-4-14/h3-12,20,25H,13H2,1-2H3/t20-,25-/m1/s1. The highest BCUT2D eigenvalue weighted by Gasteiger charge is 2.43. The van der Waals surface area contributed by atoms with Crippen molar-refractivity contribution >= 4 is 43.4 Å². The number of benzene rings is 3. The van der Waals surface area contributed by atoms with Crippen molar-refractivity contribution in [3.8, 4) is 17.2 Å². The van der Waals surface area contributed by atoms with Crippen LogP contribution in [-0.2, 0) is 0 Å². The first-order chi connectivity index (χ1) is 16.0. The Kier molecular flexibility index (Phi) is 5.88. The van der Waals surface area contributed by atoms with E-state index in [1.165, 1.54) is 0 Å². The fourth-order valence-corrected chi connectivity index (χ4v) is 4.82. The summed E-state index contributed by atoms with van der Waals surface area (Å²) in [6.07, 6.45) is -0.227. The van der Waals surface area contributed by atoms with E-state index in [9.17, 15) is 4.79 Å². The van der Waals surface area contributed by atoms with E-state index in [1.54, 1.807) is 31.4 Å². The molecule has 2 atom stereocenters. The molecule has 0 aromatic heterocycles. The Hall–Kier alpha value is -2.84. The lowest BCUT2D eigenvalue weighted by Gasteiger charge is -2.37. The Labute approximate surface area is 208 Å². The number of hydrogen-bond donors (Lipinski definition) is 0. The third-order valence-electron chi connectivity index (χ3n) is 5.82. The molecule has 8 heteroatoms. The third-order valence-corrected chi connectivity index (χ3v) is 6.84. The Morgan fingerprint density at radius 1 is 0.970 bits per heavy atom. The molecule has 0 radical (unpaired) electrons. The fourth-order valence-electron chi connectivity index (χ4n) is 4.18. The summed E-state index contributed by atoms with van der Waals surface area (Å²) in [5.74, 6) is 1.83. The smallest absolute Gasteiger partial charge is 0.251 e. The van der Waals surface area contributed by atoms with Crippen LogP contribution in [0.3, 0.4) is 0 Å². The monoisotopic (exact) mass is 570 g/mol. The molecule has 0 saturated heterocycles. The zero-order valence-electron chi connectivity index (χ0n) is 17.9. The summed E-state index contributed by atoms with van der Waals surface area (Å²) in [4.78, 5) is 13.5. The van der Waals surface area contributed by atoms with Gasteiger partial charge >= 0.3 is 0 Å². The first-order valence-electron chi connectivity index (χ1n) is 10.3. The summed E-state index contributed by atoms with van der Waals surface area (Å²) in [6.45, 7) is 0. The molecule has 0 N–H and O–H groups in total. The fraction of sp³-hybridized carbons (Fsp3) is 0.200. The summed E-state index contributed by atoms with van der Waals surface area (Å²) in [6, 6.07) is 18.7. The van der Waals surface area contributed by atoms with Crippen LogP contribution in [0, 0.1) is 0 Å². The van der Waals surface area contributed by atoms with Gasteiger partial charge in [-0.15, -0.1) is 0 Å². The number of Topliss-reactive ketones (excluding diaryl/α,β-unsaturated/α-hetero) is 1. The summed E-state index contributed by atoms with van der Waals surface area (Å²) in [5.41, 5.74) is 3.32. The largest absolute Gasteiger partial charge is 0.493 e. The number of carbonyl (C=O) groups is 1. The molecule has 0 fully saturated rings. The van der Waals surface area contributed by atoms with Crippen molar-refractivity contribution < 1.29 is 19.0 Å². The van der Waals surface area contributed by atoms with Crippen LogP contribution in [0.4, 0.5) is 0 Å². The number of hydrogen-bond acceptors (Lipinski definition) is 6. The highest BCUT2D eigenvalue weighted by molar-refractivity contribution is 9.10. The first kappa shape index (κ1) is 22.0. The summed E-state index contributed by atoms with van der Waals surface area (Å²) >= 11 is 6.98. The molecule has 33 heavy (non-hydrogen) atoms. The quantitative estimate of drug-likeness (QED) is 0.352. The van der Waals surface area contributed by atoms with Crippen molar-refractivity contribution in [1.29, 1.82) is 0 Å². The number of halogens is 2. The average Bonchev–Trinajstić information content (AvgIpc) is 3.29. The van der Waals surface area contributed by atoms with Gasteiger partial charge in [-0.3, -0.25) is 4.79 Å². The van der Waals surface area contributed by atoms with Crippen LogP contribution in [0.5, 0.6) is 17.2 Å². The zero-order valence-corrected chi connectivity index (χ0v) is 21.1. The van der Waals surface area contributed by atoms with Gasteiger partial charge in [0.15, 0.2) is 11.5 Å². The van der Waals surface area contributed by atoms with Gasteiger partial charge in [-0.2, -0.15) is 5.10 Å². The van der Waals surface area contributed by atoms with Crippen LogP contribution in [0.2, 0.25) is 0 Å². The molecular formula is C25H20Br2N2O4. The van der Waals surface area contributed by atoms with Gasteiger partial charge < -0.3 is 14.2 Å².